The Kier molecular flexibility index (Phi) is 4.62. The molecular formula is C13H26N2O. The molecule has 3 unspecified atom stereocenters. The number of hydrogen-bond donors (Lipinski definition) is 1. The first-order chi connectivity index (χ1) is 7.81. The van der Waals surface area contributed by atoms with Gasteiger partial charge < -0.3 is 10.1 Å². The maximum atomic E-state index is 5.66. The molecule has 0 radical (unpaired) electrons. The van der Waals surface area contributed by atoms with E-state index in [2.05, 4.69) is 24.1 Å². The quantitative estimate of drug-likeness (QED) is 0.788. The lowest BCUT2D eigenvalue weighted by Gasteiger charge is -2.40. The van der Waals surface area contributed by atoms with Crippen molar-refractivity contribution in [2.24, 2.45) is 0 Å². The van der Waals surface area contributed by atoms with Gasteiger partial charge in [0.15, 0.2) is 0 Å². The van der Waals surface area contributed by atoms with Crippen LogP contribution in [-0.4, -0.2) is 49.3 Å². The largest absolute Gasteiger partial charge is 0.378 e. The third-order valence-electron chi connectivity index (χ3n) is 3.91. The van der Waals surface area contributed by atoms with Crippen molar-refractivity contribution in [3.8, 4) is 0 Å². The van der Waals surface area contributed by atoms with Gasteiger partial charge in [-0.15, -0.1) is 0 Å². The highest BCUT2D eigenvalue weighted by Crippen LogP contribution is 2.23. The summed E-state index contributed by atoms with van der Waals surface area (Å²) in [6.45, 7) is 9.09. The van der Waals surface area contributed by atoms with Gasteiger partial charge in [-0.3, -0.25) is 4.90 Å². The molecule has 1 N–H and O–H groups in total. The van der Waals surface area contributed by atoms with Crippen LogP contribution in [0, 0.1) is 0 Å². The van der Waals surface area contributed by atoms with Gasteiger partial charge in [-0.25, -0.2) is 0 Å². The van der Waals surface area contributed by atoms with E-state index in [-0.39, 0.29) is 0 Å². The van der Waals surface area contributed by atoms with Crippen molar-refractivity contribution in [3.05, 3.63) is 0 Å². The SMILES string of the molecule is CCCN(C1CCNC1)C1CCOC(C)C1. The maximum Gasteiger partial charge on any atom is 0.0561 e. The van der Waals surface area contributed by atoms with Gasteiger partial charge in [0.25, 0.3) is 0 Å². The van der Waals surface area contributed by atoms with Gasteiger partial charge in [0, 0.05) is 25.2 Å². The van der Waals surface area contributed by atoms with Crippen molar-refractivity contribution in [1.29, 1.82) is 0 Å². The van der Waals surface area contributed by atoms with Crippen molar-refractivity contribution in [2.75, 3.05) is 26.2 Å². The van der Waals surface area contributed by atoms with Gasteiger partial charge in [-0.05, 0) is 45.7 Å². The molecular weight excluding hydrogens is 200 g/mol. The molecule has 3 heteroatoms. The van der Waals surface area contributed by atoms with Crippen LogP contribution >= 0.6 is 0 Å². The van der Waals surface area contributed by atoms with Crippen LogP contribution in [0.1, 0.15) is 39.5 Å². The molecule has 0 bridgehead atoms. The van der Waals surface area contributed by atoms with Gasteiger partial charge in [0.1, 0.15) is 0 Å². The first-order valence-electron chi connectivity index (χ1n) is 6.89. The normalized spacial score (nSPS) is 35.8. The summed E-state index contributed by atoms with van der Waals surface area (Å²) in [6, 6.07) is 1.53. The maximum absolute atomic E-state index is 5.66. The summed E-state index contributed by atoms with van der Waals surface area (Å²) in [7, 11) is 0. The van der Waals surface area contributed by atoms with Crippen LogP contribution in [0.15, 0.2) is 0 Å². The van der Waals surface area contributed by atoms with Gasteiger partial charge in [-0.1, -0.05) is 6.92 Å². The Morgan fingerprint density at radius 1 is 1.31 bits per heavy atom. The average Bonchev–Trinajstić information content (AvgIpc) is 2.79. The predicted molar refractivity (Wildman–Crippen MR) is 66.7 cm³/mol. The van der Waals surface area contributed by atoms with E-state index in [4.69, 9.17) is 4.74 Å². The molecule has 3 atom stereocenters. The lowest BCUT2D eigenvalue weighted by molar-refractivity contribution is -0.0262. The van der Waals surface area contributed by atoms with E-state index >= 15 is 0 Å². The second-order valence-corrected chi connectivity index (χ2v) is 5.24. The van der Waals surface area contributed by atoms with Crippen molar-refractivity contribution >= 4 is 0 Å². The molecule has 94 valence electrons. The van der Waals surface area contributed by atoms with E-state index < -0.39 is 0 Å². The highest BCUT2D eigenvalue weighted by Gasteiger charge is 2.30. The van der Waals surface area contributed by atoms with Crippen LogP contribution in [0.3, 0.4) is 0 Å². The summed E-state index contributed by atoms with van der Waals surface area (Å²) in [5, 5.41) is 3.49. The highest BCUT2D eigenvalue weighted by atomic mass is 16.5. The van der Waals surface area contributed by atoms with Gasteiger partial charge in [0.2, 0.25) is 0 Å². The minimum Gasteiger partial charge on any atom is -0.378 e. The third-order valence-corrected chi connectivity index (χ3v) is 3.91. The van der Waals surface area contributed by atoms with Crippen molar-refractivity contribution in [3.63, 3.8) is 0 Å². The second kappa shape index (κ2) is 5.99. The third kappa shape index (κ3) is 2.96. The first kappa shape index (κ1) is 12.3. The Morgan fingerprint density at radius 3 is 2.81 bits per heavy atom. The zero-order valence-electron chi connectivity index (χ0n) is 10.7. The minimum atomic E-state index is 0.451. The van der Waals surface area contributed by atoms with Crippen molar-refractivity contribution in [1.82, 2.24) is 10.2 Å². The van der Waals surface area contributed by atoms with E-state index in [9.17, 15) is 0 Å². The fourth-order valence-corrected chi connectivity index (χ4v) is 3.12. The first-order valence-corrected chi connectivity index (χ1v) is 6.89. The Morgan fingerprint density at radius 2 is 2.19 bits per heavy atom. The summed E-state index contributed by atoms with van der Waals surface area (Å²) < 4.78 is 5.66. The number of ether oxygens (including phenoxy) is 1. The Hall–Kier alpha value is -0.120. The number of nitrogens with zero attached hydrogens (tertiary/aromatic N) is 1. The molecule has 0 spiro atoms. The zero-order chi connectivity index (χ0) is 11.4. The number of rotatable bonds is 4. The highest BCUT2D eigenvalue weighted by molar-refractivity contribution is 4.87. The van der Waals surface area contributed by atoms with E-state index in [0.717, 1.165) is 18.7 Å². The Balaban J connectivity index is 1.93. The topological polar surface area (TPSA) is 24.5 Å². The predicted octanol–water partition coefficient (Wildman–Crippen LogP) is 1.63. The smallest absolute Gasteiger partial charge is 0.0561 e. The average molecular weight is 226 g/mol. The van der Waals surface area contributed by atoms with Gasteiger partial charge >= 0.3 is 0 Å². The van der Waals surface area contributed by atoms with Crippen LogP contribution in [0.4, 0.5) is 0 Å². The van der Waals surface area contributed by atoms with Crippen LogP contribution in [0.25, 0.3) is 0 Å². The van der Waals surface area contributed by atoms with E-state index in [1.807, 2.05) is 0 Å². The number of nitrogens with one attached hydrogen (secondary N) is 1. The van der Waals surface area contributed by atoms with Gasteiger partial charge in [-0.2, -0.15) is 0 Å². The molecule has 0 amide bonds. The molecule has 2 saturated heterocycles. The molecule has 2 rings (SSSR count). The minimum absolute atomic E-state index is 0.451. The second-order valence-electron chi connectivity index (χ2n) is 5.24. The monoisotopic (exact) mass is 226 g/mol. The zero-order valence-corrected chi connectivity index (χ0v) is 10.7. The fourth-order valence-electron chi connectivity index (χ4n) is 3.12. The van der Waals surface area contributed by atoms with Crippen molar-refractivity contribution < 1.29 is 4.74 Å². The van der Waals surface area contributed by atoms with Crippen LogP contribution in [0.5, 0.6) is 0 Å². The molecule has 3 nitrogen and oxygen atoms in total. The molecule has 2 fully saturated rings. The standard InChI is InChI=1S/C13H26N2O/c1-3-7-15(13-4-6-14-10-13)12-5-8-16-11(2)9-12/h11-14H,3-10H2,1-2H3. The molecule has 2 heterocycles. The van der Waals surface area contributed by atoms with Gasteiger partial charge in [0.05, 0.1) is 6.10 Å². The molecule has 0 aromatic heterocycles. The molecule has 2 aliphatic heterocycles. The Labute approximate surface area is 99.5 Å². The van der Waals surface area contributed by atoms with E-state index in [1.54, 1.807) is 0 Å². The summed E-state index contributed by atoms with van der Waals surface area (Å²) in [4.78, 5) is 2.75. The van der Waals surface area contributed by atoms with E-state index in [1.165, 1.54) is 45.3 Å². The van der Waals surface area contributed by atoms with E-state index in [0.29, 0.717) is 6.10 Å². The summed E-state index contributed by atoms with van der Waals surface area (Å²) in [5.41, 5.74) is 0. The lowest BCUT2D eigenvalue weighted by atomic mass is 10.00. The Bertz CT molecular complexity index is 204. The van der Waals surface area contributed by atoms with Crippen LogP contribution in [-0.2, 0) is 4.74 Å². The van der Waals surface area contributed by atoms with Crippen LogP contribution < -0.4 is 5.32 Å². The molecule has 16 heavy (non-hydrogen) atoms. The molecule has 2 aliphatic rings. The molecule has 0 aromatic rings. The number of hydrogen-bond acceptors (Lipinski definition) is 3. The van der Waals surface area contributed by atoms with Crippen molar-refractivity contribution in [2.45, 2.75) is 57.7 Å². The summed E-state index contributed by atoms with van der Waals surface area (Å²) in [6.07, 6.45) is 5.48. The summed E-state index contributed by atoms with van der Waals surface area (Å²) in [5.74, 6) is 0. The van der Waals surface area contributed by atoms with Crippen LogP contribution in [0.2, 0.25) is 0 Å². The lowest BCUT2D eigenvalue weighted by Crippen LogP contribution is -2.48. The molecule has 0 aliphatic carbocycles. The molecule has 0 aromatic carbocycles. The molecule has 0 saturated carbocycles. The fraction of sp³-hybridized carbons (Fsp3) is 1.00. The summed E-state index contributed by atoms with van der Waals surface area (Å²) >= 11 is 0.